The average molecular weight is 390 g/mol. The maximum absolute atomic E-state index is 12.7. The number of amides is 1. The van der Waals surface area contributed by atoms with Crippen LogP contribution in [-0.4, -0.2) is 25.5 Å². The summed E-state index contributed by atoms with van der Waals surface area (Å²) < 4.78 is 1.43. The van der Waals surface area contributed by atoms with E-state index in [-0.39, 0.29) is 18.0 Å². The highest BCUT2D eigenvalue weighted by Crippen LogP contribution is 2.30. The van der Waals surface area contributed by atoms with Crippen LogP contribution < -0.4 is 10.9 Å². The van der Waals surface area contributed by atoms with Crippen LogP contribution in [0.2, 0.25) is 0 Å². The molecule has 4 rings (SSSR count). The van der Waals surface area contributed by atoms with Crippen LogP contribution in [-0.2, 0) is 11.3 Å². The second-order valence-corrected chi connectivity index (χ2v) is 7.01. The van der Waals surface area contributed by atoms with Crippen LogP contribution in [0.1, 0.15) is 11.1 Å². The van der Waals surface area contributed by atoms with Crippen molar-refractivity contribution in [3.8, 4) is 11.8 Å². The van der Waals surface area contributed by atoms with Crippen LogP contribution in [0.4, 0.5) is 5.00 Å². The third-order valence-corrected chi connectivity index (χ3v) is 5.09. The van der Waals surface area contributed by atoms with Gasteiger partial charge in [0.05, 0.1) is 23.5 Å². The molecule has 0 fully saturated rings. The molecule has 3 heterocycles. The molecule has 0 atom stereocenters. The highest BCUT2D eigenvalue weighted by molar-refractivity contribution is 7.15. The highest BCUT2D eigenvalue weighted by Gasteiger charge is 2.18. The van der Waals surface area contributed by atoms with Gasteiger partial charge in [0.1, 0.15) is 23.3 Å². The summed E-state index contributed by atoms with van der Waals surface area (Å²) >= 11 is 1.20. The zero-order valence-corrected chi connectivity index (χ0v) is 15.6. The lowest BCUT2D eigenvalue weighted by Crippen LogP contribution is -2.27. The van der Waals surface area contributed by atoms with E-state index in [2.05, 4.69) is 21.6 Å². The molecule has 1 amide bonds. The van der Waals surface area contributed by atoms with E-state index in [4.69, 9.17) is 0 Å². The van der Waals surface area contributed by atoms with Crippen LogP contribution in [0.5, 0.6) is 0 Å². The van der Waals surface area contributed by atoms with E-state index in [0.717, 1.165) is 10.9 Å². The van der Waals surface area contributed by atoms with Gasteiger partial charge in [0.2, 0.25) is 5.91 Å². The smallest absolute Gasteiger partial charge is 0.251 e. The van der Waals surface area contributed by atoms with Crippen LogP contribution >= 0.6 is 11.3 Å². The molecule has 0 spiro atoms. The topological polar surface area (TPSA) is 106 Å². The normalized spacial score (nSPS) is 10.7. The van der Waals surface area contributed by atoms with E-state index in [1.807, 2.05) is 25.1 Å². The molecule has 0 saturated carbocycles. The van der Waals surface area contributed by atoms with E-state index in [9.17, 15) is 14.9 Å². The minimum Gasteiger partial charge on any atom is -0.314 e. The van der Waals surface area contributed by atoms with Crippen molar-refractivity contribution in [3.63, 3.8) is 0 Å². The lowest BCUT2D eigenvalue weighted by molar-refractivity contribution is -0.116. The fourth-order valence-corrected chi connectivity index (χ4v) is 3.82. The lowest BCUT2D eigenvalue weighted by Gasteiger charge is -2.11. The number of anilines is 1. The van der Waals surface area contributed by atoms with E-state index < -0.39 is 0 Å². The number of hydrogen-bond acceptors (Lipinski definition) is 6. The number of carbonyl (C=O) groups excluding carboxylic acids is 1. The van der Waals surface area contributed by atoms with Gasteiger partial charge in [-0.1, -0.05) is 11.6 Å². The molecule has 0 aliphatic rings. The van der Waals surface area contributed by atoms with Crippen LogP contribution in [0.15, 0.2) is 52.9 Å². The van der Waals surface area contributed by atoms with Gasteiger partial charge in [-0.15, -0.1) is 16.1 Å². The highest BCUT2D eigenvalue weighted by atomic mass is 32.1. The molecule has 28 heavy (non-hydrogen) atoms. The molecule has 1 aromatic carbocycles. The molecular weight excluding hydrogens is 376 g/mol. The fraction of sp³-hybridized carbons (Fsp3) is 0.105. The SMILES string of the molecule is Cc1ccc2c(ccc(=O)n2CC(=O)Nc2scc(C#N)c2-n2nccn2)c1. The minimum atomic E-state index is -0.380. The number of carbonyl (C=O) groups is 1. The van der Waals surface area contributed by atoms with Crippen molar-refractivity contribution in [2.45, 2.75) is 13.5 Å². The Hall–Kier alpha value is -3.77. The van der Waals surface area contributed by atoms with Crippen LogP contribution in [0, 0.1) is 18.3 Å². The molecule has 0 radical (unpaired) electrons. The average Bonchev–Trinajstić information content (AvgIpc) is 3.33. The van der Waals surface area contributed by atoms with Gasteiger partial charge in [0.25, 0.3) is 5.56 Å². The predicted molar refractivity (Wildman–Crippen MR) is 106 cm³/mol. The van der Waals surface area contributed by atoms with Gasteiger partial charge in [-0.05, 0) is 30.5 Å². The Balaban J connectivity index is 1.66. The third kappa shape index (κ3) is 3.17. The van der Waals surface area contributed by atoms with Gasteiger partial charge in [-0.3, -0.25) is 14.2 Å². The van der Waals surface area contributed by atoms with Gasteiger partial charge in [0, 0.05) is 11.4 Å². The Morgan fingerprint density at radius 3 is 2.79 bits per heavy atom. The van der Waals surface area contributed by atoms with E-state index in [0.29, 0.717) is 21.8 Å². The van der Waals surface area contributed by atoms with Crippen molar-refractivity contribution in [1.82, 2.24) is 19.6 Å². The number of nitriles is 1. The number of aromatic nitrogens is 4. The first-order valence-electron chi connectivity index (χ1n) is 8.35. The number of fused-ring (bicyclic) bond motifs is 1. The summed E-state index contributed by atoms with van der Waals surface area (Å²) in [4.78, 5) is 26.3. The Morgan fingerprint density at radius 1 is 1.25 bits per heavy atom. The quantitative estimate of drug-likeness (QED) is 0.576. The van der Waals surface area contributed by atoms with Crippen molar-refractivity contribution in [2.24, 2.45) is 0 Å². The molecule has 0 aliphatic carbocycles. The maximum Gasteiger partial charge on any atom is 0.251 e. The number of rotatable bonds is 4. The molecule has 138 valence electrons. The maximum atomic E-state index is 12.7. The second kappa shape index (κ2) is 7.09. The first-order valence-corrected chi connectivity index (χ1v) is 9.23. The number of thiophene rings is 1. The summed E-state index contributed by atoms with van der Waals surface area (Å²) in [6, 6.07) is 11.0. The minimum absolute atomic E-state index is 0.148. The Kier molecular flexibility index (Phi) is 4.47. The molecule has 0 saturated heterocycles. The van der Waals surface area contributed by atoms with Crippen molar-refractivity contribution >= 4 is 33.1 Å². The molecule has 8 nitrogen and oxygen atoms in total. The zero-order valence-electron chi connectivity index (χ0n) is 14.8. The molecule has 9 heteroatoms. The molecule has 1 N–H and O–H groups in total. The zero-order chi connectivity index (χ0) is 19.7. The summed E-state index contributed by atoms with van der Waals surface area (Å²) in [5.74, 6) is -0.380. The van der Waals surface area contributed by atoms with E-state index in [1.54, 1.807) is 11.4 Å². The monoisotopic (exact) mass is 390 g/mol. The van der Waals surface area contributed by atoms with Crippen molar-refractivity contribution in [2.75, 3.05) is 5.32 Å². The molecule has 0 unspecified atom stereocenters. The standard InChI is InChI=1S/C19H14N6O2S/c1-12-2-4-15-13(8-12)3-5-17(27)24(15)10-16(26)23-19-18(14(9-20)11-28-19)25-21-6-7-22-25/h2-8,11H,10H2,1H3,(H,23,26). The number of nitrogens with zero attached hydrogens (tertiary/aromatic N) is 5. The van der Waals surface area contributed by atoms with Gasteiger partial charge < -0.3 is 5.32 Å². The Labute approximate surface area is 163 Å². The van der Waals surface area contributed by atoms with E-state index >= 15 is 0 Å². The second-order valence-electron chi connectivity index (χ2n) is 6.13. The number of nitrogens with one attached hydrogen (secondary N) is 1. The number of benzene rings is 1. The Bertz CT molecular complexity index is 1280. The summed E-state index contributed by atoms with van der Waals surface area (Å²) in [5.41, 5.74) is 2.26. The first kappa shape index (κ1) is 17.6. The van der Waals surface area contributed by atoms with Gasteiger partial charge >= 0.3 is 0 Å². The molecule has 3 aromatic heterocycles. The largest absolute Gasteiger partial charge is 0.314 e. The third-order valence-electron chi connectivity index (χ3n) is 4.20. The number of hydrogen-bond donors (Lipinski definition) is 1. The summed E-state index contributed by atoms with van der Waals surface area (Å²) in [5, 5.41) is 23.1. The number of aryl methyl sites for hydroxylation is 1. The Morgan fingerprint density at radius 2 is 2.04 bits per heavy atom. The molecular formula is C19H14N6O2S. The molecule has 4 aromatic rings. The van der Waals surface area contributed by atoms with E-state index in [1.165, 1.54) is 39.2 Å². The van der Waals surface area contributed by atoms with Gasteiger partial charge in [-0.25, -0.2) is 0 Å². The van der Waals surface area contributed by atoms with Crippen molar-refractivity contribution in [3.05, 3.63) is 69.6 Å². The summed E-state index contributed by atoms with van der Waals surface area (Å²) in [7, 11) is 0. The fourth-order valence-electron chi connectivity index (χ4n) is 2.95. The summed E-state index contributed by atoms with van der Waals surface area (Å²) in [6.07, 6.45) is 2.98. The predicted octanol–water partition coefficient (Wildman–Crippen LogP) is 2.46. The molecule has 0 bridgehead atoms. The molecule has 0 aliphatic heterocycles. The summed E-state index contributed by atoms with van der Waals surface area (Å²) in [6.45, 7) is 1.82. The van der Waals surface area contributed by atoms with Crippen molar-refractivity contribution in [1.29, 1.82) is 5.26 Å². The van der Waals surface area contributed by atoms with Crippen molar-refractivity contribution < 1.29 is 4.79 Å². The van der Waals surface area contributed by atoms with Crippen LogP contribution in [0.25, 0.3) is 16.6 Å². The van der Waals surface area contributed by atoms with Gasteiger partial charge in [-0.2, -0.15) is 15.5 Å². The van der Waals surface area contributed by atoms with Gasteiger partial charge in [0.15, 0.2) is 0 Å². The van der Waals surface area contributed by atoms with Crippen LogP contribution in [0.3, 0.4) is 0 Å². The first-order chi connectivity index (χ1) is 13.6. The number of pyridine rings is 1. The lowest BCUT2D eigenvalue weighted by atomic mass is 10.1.